The molecule has 0 spiro atoms. The number of aryl methyl sites for hydroxylation is 1. The van der Waals surface area contributed by atoms with Gasteiger partial charge in [-0.1, -0.05) is 6.07 Å². The number of ether oxygens (including phenoxy) is 1. The second-order valence-corrected chi connectivity index (χ2v) is 8.66. The van der Waals surface area contributed by atoms with E-state index in [4.69, 9.17) is 0 Å². The summed E-state index contributed by atoms with van der Waals surface area (Å²) in [6.45, 7) is 2.73. The van der Waals surface area contributed by atoms with Gasteiger partial charge in [-0.3, -0.25) is 9.78 Å². The van der Waals surface area contributed by atoms with E-state index < -0.39 is 16.0 Å². The molecule has 0 aliphatic carbocycles. The summed E-state index contributed by atoms with van der Waals surface area (Å²) in [5.41, 5.74) is 1.46. The van der Waals surface area contributed by atoms with Crippen LogP contribution in [0.25, 0.3) is 0 Å². The number of benzene rings is 1. The van der Waals surface area contributed by atoms with Crippen LogP contribution >= 0.6 is 0 Å². The summed E-state index contributed by atoms with van der Waals surface area (Å²) in [6, 6.07) is 9.78. The van der Waals surface area contributed by atoms with Crippen LogP contribution in [0.1, 0.15) is 21.6 Å². The van der Waals surface area contributed by atoms with Gasteiger partial charge in [0.2, 0.25) is 15.9 Å². The number of esters is 1. The van der Waals surface area contributed by atoms with Crippen molar-refractivity contribution in [2.24, 2.45) is 0 Å². The second-order valence-electron chi connectivity index (χ2n) is 6.75. The van der Waals surface area contributed by atoms with Crippen LogP contribution in [0.2, 0.25) is 0 Å². The molecule has 1 amide bonds. The van der Waals surface area contributed by atoms with E-state index >= 15 is 0 Å². The highest BCUT2D eigenvalue weighted by molar-refractivity contribution is 7.89. The van der Waals surface area contributed by atoms with Gasteiger partial charge >= 0.3 is 5.97 Å². The largest absolute Gasteiger partial charge is 0.465 e. The van der Waals surface area contributed by atoms with E-state index in [1.54, 1.807) is 30.2 Å². The summed E-state index contributed by atoms with van der Waals surface area (Å²) in [5.74, 6) is -0.587. The molecule has 2 aromatic rings. The average molecular weight is 417 g/mol. The molecule has 0 N–H and O–H groups in total. The van der Waals surface area contributed by atoms with Crippen LogP contribution in [0.5, 0.6) is 0 Å². The number of hydrogen-bond donors (Lipinski definition) is 0. The van der Waals surface area contributed by atoms with Crippen molar-refractivity contribution in [2.75, 3.05) is 33.3 Å². The summed E-state index contributed by atoms with van der Waals surface area (Å²) in [5, 5.41) is 0. The van der Waals surface area contributed by atoms with E-state index in [1.807, 2.05) is 6.07 Å². The SMILES string of the molecule is COC(=O)c1ccc(S(=O)(=O)N2CCN(C(=O)Cc3ccccn3)CC2)c(C)c1. The van der Waals surface area contributed by atoms with Crippen molar-refractivity contribution < 1.29 is 22.7 Å². The third kappa shape index (κ3) is 4.63. The molecule has 0 radical (unpaired) electrons. The van der Waals surface area contributed by atoms with Gasteiger partial charge in [0.15, 0.2) is 0 Å². The first kappa shape index (κ1) is 20.9. The fourth-order valence-corrected chi connectivity index (χ4v) is 4.90. The average Bonchev–Trinajstić information content (AvgIpc) is 2.73. The first-order valence-corrected chi connectivity index (χ1v) is 10.6. The molecule has 1 aliphatic rings. The van der Waals surface area contributed by atoms with Gasteiger partial charge < -0.3 is 9.64 Å². The zero-order chi connectivity index (χ0) is 21.0. The topological polar surface area (TPSA) is 96.9 Å². The van der Waals surface area contributed by atoms with Gasteiger partial charge in [-0.15, -0.1) is 0 Å². The van der Waals surface area contributed by atoms with Crippen LogP contribution in [0.3, 0.4) is 0 Å². The maximum absolute atomic E-state index is 13.0. The number of rotatable bonds is 5. The molecule has 154 valence electrons. The Balaban J connectivity index is 1.67. The van der Waals surface area contributed by atoms with Gasteiger partial charge in [-0.05, 0) is 42.8 Å². The Labute approximate surface area is 170 Å². The van der Waals surface area contributed by atoms with Crippen molar-refractivity contribution in [1.82, 2.24) is 14.2 Å². The molecule has 2 heterocycles. The van der Waals surface area contributed by atoms with Crippen molar-refractivity contribution >= 4 is 21.9 Å². The van der Waals surface area contributed by atoms with Crippen LogP contribution in [0, 0.1) is 6.92 Å². The molecule has 1 fully saturated rings. The standard InChI is InChI=1S/C20H23N3O5S/c1-15-13-16(20(25)28-2)6-7-18(15)29(26,27)23-11-9-22(10-12-23)19(24)14-17-5-3-4-8-21-17/h3-8,13H,9-12,14H2,1-2H3. The van der Waals surface area contributed by atoms with Crippen LogP contribution in [-0.4, -0.2) is 67.8 Å². The quantitative estimate of drug-likeness (QED) is 0.680. The number of carbonyl (C=O) groups is 2. The van der Waals surface area contributed by atoms with E-state index in [1.165, 1.54) is 29.6 Å². The van der Waals surface area contributed by atoms with Crippen molar-refractivity contribution in [1.29, 1.82) is 0 Å². The van der Waals surface area contributed by atoms with Gasteiger partial charge in [0.25, 0.3) is 0 Å². The Bertz CT molecular complexity index is 1000. The van der Waals surface area contributed by atoms with Gasteiger partial charge in [-0.25, -0.2) is 13.2 Å². The zero-order valence-electron chi connectivity index (χ0n) is 16.4. The van der Waals surface area contributed by atoms with Gasteiger partial charge in [0, 0.05) is 38.1 Å². The maximum Gasteiger partial charge on any atom is 0.337 e. The van der Waals surface area contributed by atoms with E-state index in [0.29, 0.717) is 29.9 Å². The third-order valence-corrected chi connectivity index (χ3v) is 6.92. The minimum absolute atomic E-state index is 0.0700. The van der Waals surface area contributed by atoms with E-state index in [2.05, 4.69) is 9.72 Å². The van der Waals surface area contributed by atoms with E-state index in [9.17, 15) is 18.0 Å². The molecule has 9 heteroatoms. The molecule has 0 unspecified atom stereocenters. The molecule has 0 bridgehead atoms. The number of carbonyl (C=O) groups excluding carboxylic acids is 2. The van der Waals surface area contributed by atoms with Gasteiger partial charge in [0.05, 0.1) is 24.0 Å². The van der Waals surface area contributed by atoms with Crippen LogP contribution in [0.4, 0.5) is 0 Å². The summed E-state index contributed by atoms with van der Waals surface area (Å²) in [6.07, 6.45) is 1.84. The lowest BCUT2D eigenvalue weighted by atomic mass is 10.1. The number of sulfonamides is 1. The van der Waals surface area contributed by atoms with Crippen LogP contribution in [0.15, 0.2) is 47.5 Å². The molecule has 1 aromatic carbocycles. The molecule has 0 saturated carbocycles. The smallest absolute Gasteiger partial charge is 0.337 e. The fourth-order valence-electron chi connectivity index (χ4n) is 3.27. The molecule has 29 heavy (non-hydrogen) atoms. The van der Waals surface area contributed by atoms with Crippen molar-refractivity contribution in [3.8, 4) is 0 Å². The Hall–Kier alpha value is -2.78. The van der Waals surface area contributed by atoms with Crippen LogP contribution < -0.4 is 0 Å². The summed E-state index contributed by atoms with van der Waals surface area (Å²) in [4.78, 5) is 30.1. The van der Waals surface area contributed by atoms with Crippen molar-refractivity contribution in [2.45, 2.75) is 18.2 Å². The molecular weight excluding hydrogens is 394 g/mol. The molecule has 8 nitrogen and oxygen atoms in total. The number of nitrogens with zero attached hydrogens (tertiary/aromatic N) is 3. The summed E-state index contributed by atoms with van der Waals surface area (Å²) in [7, 11) is -2.44. The monoisotopic (exact) mass is 417 g/mol. The maximum atomic E-state index is 13.0. The lowest BCUT2D eigenvalue weighted by Crippen LogP contribution is -2.51. The minimum Gasteiger partial charge on any atom is -0.465 e. The lowest BCUT2D eigenvalue weighted by Gasteiger charge is -2.34. The summed E-state index contributed by atoms with van der Waals surface area (Å²) < 4.78 is 32.1. The number of pyridine rings is 1. The minimum atomic E-state index is -3.72. The normalized spacial score (nSPS) is 15.2. The van der Waals surface area contributed by atoms with Crippen LogP contribution in [-0.2, 0) is 26.0 Å². The van der Waals surface area contributed by atoms with E-state index in [-0.39, 0.29) is 30.3 Å². The predicted molar refractivity (Wildman–Crippen MR) is 106 cm³/mol. The number of piperazine rings is 1. The molecule has 3 rings (SSSR count). The Kier molecular flexibility index (Phi) is 6.29. The number of hydrogen-bond acceptors (Lipinski definition) is 6. The number of amides is 1. The molecule has 1 aromatic heterocycles. The molecule has 0 atom stereocenters. The number of methoxy groups -OCH3 is 1. The molecule has 1 saturated heterocycles. The fraction of sp³-hybridized carbons (Fsp3) is 0.350. The van der Waals surface area contributed by atoms with E-state index in [0.717, 1.165) is 0 Å². The summed E-state index contributed by atoms with van der Waals surface area (Å²) >= 11 is 0. The van der Waals surface area contributed by atoms with Crippen molar-refractivity contribution in [3.05, 3.63) is 59.4 Å². The third-order valence-electron chi connectivity index (χ3n) is 4.86. The first-order valence-electron chi connectivity index (χ1n) is 9.19. The Morgan fingerprint density at radius 3 is 2.41 bits per heavy atom. The zero-order valence-corrected chi connectivity index (χ0v) is 17.2. The highest BCUT2D eigenvalue weighted by atomic mass is 32.2. The van der Waals surface area contributed by atoms with Gasteiger partial charge in [0.1, 0.15) is 0 Å². The van der Waals surface area contributed by atoms with Crippen molar-refractivity contribution in [3.63, 3.8) is 0 Å². The molecule has 1 aliphatic heterocycles. The molecular formula is C20H23N3O5S. The number of aromatic nitrogens is 1. The lowest BCUT2D eigenvalue weighted by molar-refractivity contribution is -0.131. The highest BCUT2D eigenvalue weighted by Crippen LogP contribution is 2.23. The van der Waals surface area contributed by atoms with Gasteiger partial charge in [-0.2, -0.15) is 4.31 Å². The Morgan fingerprint density at radius 1 is 1.10 bits per heavy atom. The highest BCUT2D eigenvalue weighted by Gasteiger charge is 2.31. The predicted octanol–water partition coefficient (Wildman–Crippen LogP) is 1.25. The first-order chi connectivity index (χ1) is 13.8. The Morgan fingerprint density at radius 2 is 1.83 bits per heavy atom. The second kappa shape index (κ2) is 8.71.